The number of alkyl halides is 3. The molecule has 0 spiro atoms. The average molecular weight is 222 g/mol. The number of halogens is 3. The second kappa shape index (κ2) is 3.92. The molecule has 1 atom stereocenters. The van der Waals surface area contributed by atoms with E-state index in [1.807, 2.05) is 0 Å². The van der Waals surface area contributed by atoms with Crippen molar-refractivity contribution >= 4 is 5.97 Å². The Morgan fingerprint density at radius 2 is 2.33 bits per heavy atom. The van der Waals surface area contributed by atoms with Crippen molar-refractivity contribution in [2.45, 2.75) is 25.6 Å². The van der Waals surface area contributed by atoms with Crippen LogP contribution < -0.4 is 0 Å². The molecule has 4 nitrogen and oxygen atoms in total. The largest absolute Gasteiger partial charge is 0.477 e. The van der Waals surface area contributed by atoms with Gasteiger partial charge in [0.1, 0.15) is 0 Å². The molecule has 1 aromatic rings. The summed E-state index contributed by atoms with van der Waals surface area (Å²) in [6.45, 7) is 2.09. The molecule has 0 saturated heterocycles. The van der Waals surface area contributed by atoms with Crippen molar-refractivity contribution in [1.82, 2.24) is 9.78 Å². The van der Waals surface area contributed by atoms with Crippen LogP contribution in [0, 0.1) is 0 Å². The van der Waals surface area contributed by atoms with Crippen molar-refractivity contribution in [3.63, 3.8) is 0 Å². The van der Waals surface area contributed by atoms with Gasteiger partial charge in [-0.15, -0.1) is 0 Å². The van der Waals surface area contributed by atoms with Crippen LogP contribution in [0.1, 0.15) is 18.7 Å². The number of carboxylic acid groups (broad SMARTS) is 1. The molecule has 0 fully saturated rings. The van der Waals surface area contributed by atoms with Crippen molar-refractivity contribution in [2.24, 2.45) is 0 Å². The topological polar surface area (TPSA) is 55.1 Å². The van der Waals surface area contributed by atoms with Crippen molar-refractivity contribution in [3.8, 4) is 0 Å². The monoisotopic (exact) mass is 222 g/mol. The zero-order valence-corrected chi connectivity index (χ0v) is 7.82. The molecule has 0 amide bonds. The van der Waals surface area contributed by atoms with E-state index >= 15 is 0 Å². The molecule has 0 aromatic carbocycles. The molecule has 0 bridgehead atoms. The lowest BCUT2D eigenvalue weighted by atomic mass is 10.1. The molecule has 1 aromatic heterocycles. The average Bonchev–Trinajstić information content (AvgIpc) is 2.64. The first-order valence-corrected chi connectivity index (χ1v) is 4.17. The quantitative estimate of drug-likeness (QED) is 0.842. The Morgan fingerprint density at radius 3 is 2.73 bits per heavy atom. The Hall–Kier alpha value is -1.53. The van der Waals surface area contributed by atoms with E-state index in [4.69, 9.17) is 5.11 Å². The maximum Gasteiger partial charge on any atom is 0.378 e. The van der Waals surface area contributed by atoms with Gasteiger partial charge in [0.05, 0.1) is 6.20 Å². The number of nitrogens with zero attached hydrogens (tertiary/aromatic N) is 2. The fraction of sp³-hybridized carbons (Fsp3) is 0.500. The highest BCUT2D eigenvalue weighted by Crippen LogP contribution is 2.34. The lowest BCUT2D eigenvalue weighted by molar-refractivity contribution is -0.175. The zero-order chi connectivity index (χ0) is 11.6. The summed E-state index contributed by atoms with van der Waals surface area (Å²) in [5.41, 5.74) is -0.441. The molecule has 0 aliphatic rings. The van der Waals surface area contributed by atoms with E-state index in [-0.39, 0.29) is 0 Å². The number of hydrogen-bond donors (Lipinski definition) is 1. The smallest absolute Gasteiger partial charge is 0.378 e. The number of hydrogen-bond acceptors (Lipinski definition) is 2. The van der Waals surface area contributed by atoms with E-state index in [1.165, 1.54) is 4.68 Å². The lowest BCUT2D eigenvalue weighted by Crippen LogP contribution is -2.33. The second-order valence-corrected chi connectivity index (χ2v) is 2.92. The lowest BCUT2D eigenvalue weighted by Gasteiger charge is -2.14. The van der Waals surface area contributed by atoms with Gasteiger partial charge in [-0.05, 0) is 6.92 Å². The molecule has 0 aliphatic carbocycles. The summed E-state index contributed by atoms with van der Waals surface area (Å²) >= 11 is 0. The van der Waals surface area contributed by atoms with Gasteiger partial charge >= 0.3 is 11.9 Å². The summed E-state index contributed by atoms with van der Waals surface area (Å²) in [4.78, 5) is 10.1. The predicted octanol–water partition coefficient (Wildman–Crippen LogP) is 1.63. The molecular formula is C8H9F3N2O2. The van der Waals surface area contributed by atoms with Gasteiger partial charge in [-0.1, -0.05) is 0 Å². The number of aryl methyl sites for hydroxylation is 1. The van der Waals surface area contributed by atoms with Gasteiger partial charge in [-0.2, -0.15) is 13.9 Å². The molecule has 1 unspecified atom stereocenters. The molecule has 1 rings (SSSR count). The van der Waals surface area contributed by atoms with Crippen LogP contribution in [0.25, 0.3) is 0 Å². The van der Waals surface area contributed by atoms with E-state index < -0.39 is 23.6 Å². The Balaban J connectivity index is 2.93. The summed E-state index contributed by atoms with van der Waals surface area (Å²) in [6, 6.07) is 0. The van der Waals surface area contributed by atoms with Crippen LogP contribution in [0.2, 0.25) is 0 Å². The van der Waals surface area contributed by atoms with Crippen molar-refractivity contribution in [3.05, 3.63) is 18.0 Å². The third-order valence-electron chi connectivity index (χ3n) is 1.87. The maximum atomic E-state index is 13.1. The van der Waals surface area contributed by atoms with E-state index in [0.29, 0.717) is 6.54 Å². The number of aliphatic carboxylic acids is 1. The normalized spacial score (nSPS) is 13.9. The van der Waals surface area contributed by atoms with E-state index in [0.717, 1.165) is 12.4 Å². The minimum atomic E-state index is -4.43. The Labute approximate surface area is 83.3 Å². The van der Waals surface area contributed by atoms with Gasteiger partial charge < -0.3 is 5.11 Å². The van der Waals surface area contributed by atoms with Gasteiger partial charge in [0.25, 0.3) is 0 Å². The molecule has 0 aliphatic heterocycles. The summed E-state index contributed by atoms with van der Waals surface area (Å²) in [5.74, 6) is -6.92. The van der Waals surface area contributed by atoms with Gasteiger partial charge in [0.15, 0.2) is 0 Å². The Morgan fingerprint density at radius 1 is 1.73 bits per heavy atom. The Kier molecular flexibility index (Phi) is 3.01. The van der Waals surface area contributed by atoms with Crippen molar-refractivity contribution < 1.29 is 23.1 Å². The van der Waals surface area contributed by atoms with E-state index in [9.17, 15) is 18.0 Å². The van der Waals surface area contributed by atoms with Crippen LogP contribution in [0.4, 0.5) is 13.2 Å². The number of aromatic nitrogens is 2. The minimum absolute atomic E-state index is 0.394. The predicted molar refractivity (Wildman–Crippen MR) is 44.3 cm³/mol. The molecule has 7 heteroatoms. The van der Waals surface area contributed by atoms with Crippen LogP contribution in [0.15, 0.2) is 12.4 Å². The standard InChI is InChI=1S/C8H9F3N2O2/c1-2-13-4-5(3-12-13)6(9)8(10,11)7(14)15/h3-4,6H,2H2,1H3,(H,14,15). The first kappa shape index (κ1) is 11.5. The number of carboxylic acids is 1. The van der Waals surface area contributed by atoms with E-state index in [2.05, 4.69) is 5.10 Å². The van der Waals surface area contributed by atoms with Crippen LogP contribution >= 0.6 is 0 Å². The maximum absolute atomic E-state index is 13.1. The van der Waals surface area contributed by atoms with E-state index in [1.54, 1.807) is 6.92 Å². The van der Waals surface area contributed by atoms with Crippen LogP contribution in [0.3, 0.4) is 0 Å². The summed E-state index contributed by atoms with van der Waals surface area (Å²) < 4.78 is 39.8. The third-order valence-corrected chi connectivity index (χ3v) is 1.87. The SMILES string of the molecule is CCn1cc(C(F)C(F)(F)C(=O)O)cn1. The fourth-order valence-corrected chi connectivity index (χ4v) is 1.00. The molecule has 0 saturated carbocycles. The van der Waals surface area contributed by atoms with Gasteiger partial charge in [-0.25, -0.2) is 9.18 Å². The minimum Gasteiger partial charge on any atom is -0.477 e. The molecular weight excluding hydrogens is 213 g/mol. The van der Waals surface area contributed by atoms with Crippen LogP contribution in [-0.2, 0) is 11.3 Å². The summed E-state index contributed by atoms with van der Waals surface area (Å²) in [5, 5.41) is 11.7. The fourth-order valence-electron chi connectivity index (χ4n) is 1.00. The molecule has 1 N–H and O–H groups in total. The summed E-state index contributed by atoms with van der Waals surface area (Å²) in [6.07, 6.45) is -0.928. The first-order chi connectivity index (χ1) is 6.89. The molecule has 15 heavy (non-hydrogen) atoms. The van der Waals surface area contributed by atoms with Gasteiger partial charge in [0, 0.05) is 18.3 Å². The molecule has 84 valence electrons. The first-order valence-electron chi connectivity index (χ1n) is 4.17. The zero-order valence-electron chi connectivity index (χ0n) is 7.82. The molecule has 0 radical (unpaired) electrons. The Bertz CT molecular complexity index is 365. The van der Waals surface area contributed by atoms with Crippen LogP contribution in [-0.4, -0.2) is 26.8 Å². The highest BCUT2D eigenvalue weighted by molar-refractivity contribution is 5.76. The highest BCUT2D eigenvalue weighted by Gasteiger charge is 2.49. The van der Waals surface area contributed by atoms with Crippen molar-refractivity contribution in [1.29, 1.82) is 0 Å². The summed E-state index contributed by atoms with van der Waals surface area (Å²) in [7, 11) is 0. The van der Waals surface area contributed by atoms with Crippen molar-refractivity contribution in [2.75, 3.05) is 0 Å². The van der Waals surface area contributed by atoms with Crippen LogP contribution in [0.5, 0.6) is 0 Å². The van der Waals surface area contributed by atoms with Gasteiger partial charge in [-0.3, -0.25) is 4.68 Å². The third kappa shape index (κ3) is 2.11. The molecule has 1 heterocycles. The highest BCUT2D eigenvalue weighted by atomic mass is 19.3. The number of carbonyl (C=O) groups is 1. The number of rotatable bonds is 4. The van der Waals surface area contributed by atoms with Gasteiger partial charge in [0.2, 0.25) is 6.17 Å². The second-order valence-electron chi connectivity index (χ2n) is 2.92.